The smallest absolute Gasteiger partial charge is 0.244 e. The monoisotopic (exact) mass is 525 g/mol. The minimum absolute atomic E-state index is 0.0586. The number of halogens is 1. The lowest BCUT2D eigenvalue weighted by Gasteiger charge is -2.32. The Labute approximate surface area is 229 Å². The topological polar surface area (TPSA) is 62.2 Å². The Morgan fingerprint density at radius 3 is 2.44 bits per heavy atom. The fourth-order valence-corrected chi connectivity index (χ4v) is 5.03. The Bertz CT molecular complexity index is 1380. The van der Waals surface area contributed by atoms with Crippen LogP contribution in [0.25, 0.3) is 11.3 Å². The Kier molecular flexibility index (Phi) is 8.37. The van der Waals surface area contributed by atoms with Gasteiger partial charge in [-0.15, -0.1) is 0 Å². The number of aryl methyl sites for hydroxylation is 1. The van der Waals surface area contributed by atoms with Crippen LogP contribution in [0.3, 0.4) is 0 Å². The van der Waals surface area contributed by atoms with Crippen LogP contribution in [-0.2, 0) is 17.9 Å². The molecule has 39 heavy (non-hydrogen) atoms. The van der Waals surface area contributed by atoms with Gasteiger partial charge < -0.3 is 20.1 Å². The van der Waals surface area contributed by atoms with Gasteiger partial charge in [-0.3, -0.25) is 4.79 Å². The Balaban J connectivity index is 1.43. The lowest BCUT2D eigenvalue weighted by molar-refractivity contribution is -0.135. The van der Waals surface area contributed by atoms with Gasteiger partial charge in [-0.05, 0) is 61.9 Å². The van der Waals surface area contributed by atoms with E-state index in [1.165, 1.54) is 17.7 Å². The highest BCUT2D eigenvalue weighted by atomic mass is 19.1. The highest BCUT2D eigenvalue weighted by molar-refractivity contribution is 5.84. The summed E-state index contributed by atoms with van der Waals surface area (Å²) in [6, 6.07) is 24.1. The van der Waals surface area contributed by atoms with E-state index >= 15 is 0 Å². The zero-order valence-corrected chi connectivity index (χ0v) is 22.7. The molecule has 1 amide bonds. The third-order valence-electron chi connectivity index (χ3n) is 7.22. The Morgan fingerprint density at radius 1 is 0.974 bits per heavy atom. The quantitative estimate of drug-likeness (QED) is 0.229. The molecule has 3 aromatic carbocycles. The van der Waals surface area contributed by atoms with E-state index in [0.29, 0.717) is 19.6 Å². The van der Waals surface area contributed by atoms with Crippen LogP contribution in [0.15, 0.2) is 78.9 Å². The van der Waals surface area contributed by atoms with Gasteiger partial charge in [0.25, 0.3) is 0 Å². The van der Waals surface area contributed by atoms with E-state index in [4.69, 9.17) is 4.98 Å². The summed E-state index contributed by atoms with van der Waals surface area (Å²) in [5.41, 5.74) is 4.68. The van der Waals surface area contributed by atoms with Crippen molar-refractivity contribution in [2.45, 2.75) is 52.2 Å². The van der Waals surface area contributed by atoms with Crippen LogP contribution in [0.4, 0.5) is 15.9 Å². The van der Waals surface area contributed by atoms with Crippen LogP contribution in [0.5, 0.6) is 0 Å². The molecular formula is C32H36FN5O. The molecule has 0 spiro atoms. The van der Waals surface area contributed by atoms with Crippen molar-refractivity contribution in [3.63, 3.8) is 0 Å². The number of carbonyl (C=O) groups excluding carboxylic acids is 1. The predicted octanol–water partition coefficient (Wildman–Crippen LogP) is 6.60. The first-order valence-corrected chi connectivity index (χ1v) is 13.8. The first-order valence-electron chi connectivity index (χ1n) is 13.8. The second kappa shape index (κ2) is 12.3. The number of imidazole rings is 1. The second-order valence-electron chi connectivity index (χ2n) is 10.1. The summed E-state index contributed by atoms with van der Waals surface area (Å²) in [6.07, 6.45) is 3.30. The number of anilines is 2. The fraction of sp³-hybridized carbons (Fsp3) is 0.312. The number of nitrogens with zero attached hydrogens (tertiary/aromatic N) is 3. The van der Waals surface area contributed by atoms with Gasteiger partial charge in [-0.2, -0.15) is 0 Å². The maximum Gasteiger partial charge on any atom is 0.244 e. The van der Waals surface area contributed by atoms with Gasteiger partial charge >= 0.3 is 0 Å². The Morgan fingerprint density at radius 2 is 1.72 bits per heavy atom. The van der Waals surface area contributed by atoms with Gasteiger partial charge in [-0.1, -0.05) is 67.8 Å². The molecule has 202 valence electrons. The van der Waals surface area contributed by atoms with Crippen LogP contribution in [0, 0.1) is 12.7 Å². The first-order chi connectivity index (χ1) is 19.0. The van der Waals surface area contributed by atoms with Crippen molar-refractivity contribution in [1.29, 1.82) is 0 Å². The first kappa shape index (κ1) is 26.6. The summed E-state index contributed by atoms with van der Waals surface area (Å²) in [7, 11) is 0. The van der Waals surface area contributed by atoms with Gasteiger partial charge in [0.05, 0.1) is 6.54 Å². The normalized spacial score (nSPS) is 13.7. The molecule has 6 nitrogen and oxygen atoms in total. The molecule has 2 heterocycles. The zero-order chi connectivity index (χ0) is 27.2. The maximum absolute atomic E-state index is 13.9. The number of nitrogens with one attached hydrogen (secondary N) is 2. The van der Waals surface area contributed by atoms with Crippen molar-refractivity contribution in [2.24, 2.45) is 0 Å². The summed E-state index contributed by atoms with van der Waals surface area (Å²) in [5, 5.41) is 7.05. The average molecular weight is 526 g/mol. The molecule has 1 unspecified atom stereocenters. The molecule has 7 heteroatoms. The molecular weight excluding hydrogens is 489 g/mol. The number of hydrogen-bond donors (Lipinski definition) is 2. The van der Waals surface area contributed by atoms with Crippen LogP contribution in [-0.4, -0.2) is 33.4 Å². The average Bonchev–Trinajstić information content (AvgIpc) is 3.32. The summed E-state index contributed by atoms with van der Waals surface area (Å²) in [5.74, 6) is 1.43. The number of aromatic nitrogens is 2. The fourth-order valence-electron chi connectivity index (χ4n) is 5.03. The summed E-state index contributed by atoms with van der Waals surface area (Å²) in [4.78, 5) is 20.7. The van der Waals surface area contributed by atoms with E-state index < -0.39 is 6.04 Å². The van der Waals surface area contributed by atoms with Crippen molar-refractivity contribution in [3.8, 4) is 11.3 Å². The van der Waals surface area contributed by atoms with Crippen molar-refractivity contribution in [2.75, 3.05) is 18.4 Å². The number of unbranched alkanes of at least 4 members (excludes halogenated alkanes) is 2. The lowest BCUT2D eigenvalue weighted by Crippen LogP contribution is -2.45. The highest BCUT2D eigenvalue weighted by Crippen LogP contribution is 2.34. The molecule has 5 rings (SSSR count). The van der Waals surface area contributed by atoms with E-state index in [1.54, 1.807) is 12.1 Å². The molecule has 0 radical (unpaired) electrons. The van der Waals surface area contributed by atoms with Crippen molar-refractivity contribution < 1.29 is 9.18 Å². The lowest BCUT2D eigenvalue weighted by atomic mass is 10.0. The standard InChI is InChI=1S/C32H36FN5O/c1-3-4-8-19-34-30(24-9-6-5-7-10-24)32(39)37-20-21-38-28(22-37)36-29(25-13-15-26(33)16-14-25)31(38)35-27-17-11-23(2)12-18-27/h5-7,9-18,30,34-35H,3-4,8,19-22H2,1-2H3. The summed E-state index contributed by atoms with van der Waals surface area (Å²) in [6.45, 7) is 6.62. The number of carbonyl (C=O) groups is 1. The van der Waals surface area contributed by atoms with Crippen LogP contribution < -0.4 is 10.6 Å². The van der Waals surface area contributed by atoms with Gasteiger partial charge in [0, 0.05) is 24.3 Å². The van der Waals surface area contributed by atoms with Crippen LogP contribution in [0.2, 0.25) is 0 Å². The van der Waals surface area contributed by atoms with Gasteiger partial charge in [-0.25, -0.2) is 9.37 Å². The SMILES string of the molecule is CCCCCNC(C(=O)N1CCn2c(nc(-c3ccc(F)cc3)c2Nc2ccc(C)cc2)C1)c1ccccc1. The number of hydrogen-bond acceptors (Lipinski definition) is 4. The number of benzene rings is 3. The van der Waals surface area contributed by atoms with E-state index in [0.717, 1.165) is 60.0 Å². The molecule has 1 atom stereocenters. The maximum atomic E-state index is 13.9. The summed E-state index contributed by atoms with van der Waals surface area (Å²) < 4.78 is 15.9. The summed E-state index contributed by atoms with van der Waals surface area (Å²) >= 11 is 0. The van der Waals surface area contributed by atoms with Crippen molar-refractivity contribution >= 4 is 17.4 Å². The number of fused-ring (bicyclic) bond motifs is 1. The van der Waals surface area contributed by atoms with Gasteiger partial charge in [0.15, 0.2) is 0 Å². The van der Waals surface area contributed by atoms with E-state index in [2.05, 4.69) is 41.2 Å². The van der Waals surface area contributed by atoms with Gasteiger partial charge in [0.1, 0.15) is 29.2 Å². The zero-order valence-electron chi connectivity index (χ0n) is 22.7. The molecule has 0 saturated carbocycles. The van der Waals surface area contributed by atoms with E-state index in [-0.39, 0.29) is 11.7 Å². The molecule has 1 aliphatic rings. The minimum Gasteiger partial charge on any atom is -0.340 e. The van der Waals surface area contributed by atoms with E-state index in [1.807, 2.05) is 47.4 Å². The second-order valence-corrected chi connectivity index (χ2v) is 10.1. The molecule has 1 aliphatic heterocycles. The molecule has 4 aromatic rings. The van der Waals surface area contributed by atoms with Gasteiger partial charge in [0.2, 0.25) is 5.91 Å². The third-order valence-corrected chi connectivity index (χ3v) is 7.22. The molecule has 1 aromatic heterocycles. The van der Waals surface area contributed by atoms with Crippen LogP contribution in [0.1, 0.15) is 49.2 Å². The van der Waals surface area contributed by atoms with E-state index in [9.17, 15) is 9.18 Å². The molecule has 0 fully saturated rings. The predicted molar refractivity (Wildman–Crippen MR) is 154 cm³/mol. The van der Waals surface area contributed by atoms with Crippen molar-refractivity contribution in [3.05, 3.63) is 102 Å². The Hall–Kier alpha value is -3.97. The number of rotatable bonds is 10. The highest BCUT2D eigenvalue weighted by Gasteiger charge is 2.31. The number of amides is 1. The molecule has 0 saturated heterocycles. The largest absolute Gasteiger partial charge is 0.340 e. The molecule has 0 aliphatic carbocycles. The third kappa shape index (κ3) is 6.20. The molecule has 0 bridgehead atoms. The van der Waals surface area contributed by atoms with Crippen molar-refractivity contribution in [1.82, 2.24) is 19.8 Å². The minimum atomic E-state index is -0.397. The van der Waals surface area contributed by atoms with Crippen LogP contribution >= 0.6 is 0 Å². The molecule has 2 N–H and O–H groups in total.